The predicted molar refractivity (Wildman–Crippen MR) is 57.5 cm³/mol. The minimum atomic E-state index is -0.735. The van der Waals surface area contributed by atoms with Gasteiger partial charge in [-0.15, -0.1) is 0 Å². The molecule has 0 fully saturated rings. The molecule has 0 aliphatic carbocycles. The maximum atomic E-state index is 11.0. The second kappa shape index (κ2) is 7.76. The van der Waals surface area contributed by atoms with Gasteiger partial charge in [0.05, 0.1) is 0 Å². The molecule has 0 aromatic rings. The molecule has 2 N–H and O–H groups in total. The van der Waals surface area contributed by atoms with Crippen molar-refractivity contribution in [2.75, 3.05) is 26.7 Å². The number of carboxylic acid groups (broad SMARTS) is 1. The Kier molecular flexibility index (Phi) is 7.42. The fraction of sp³-hybridized carbons (Fsp3) is 0.900. The molecule has 0 bridgehead atoms. The topological polar surface area (TPSA) is 52.6 Å². The lowest BCUT2D eigenvalue weighted by Gasteiger charge is -2.27. The van der Waals surface area contributed by atoms with Crippen LogP contribution in [0.1, 0.15) is 26.7 Å². The van der Waals surface area contributed by atoms with E-state index in [1.807, 2.05) is 4.90 Å². The third kappa shape index (κ3) is 4.58. The lowest BCUT2D eigenvalue weighted by Crippen LogP contribution is -2.47. The van der Waals surface area contributed by atoms with Crippen molar-refractivity contribution in [1.82, 2.24) is 10.2 Å². The monoisotopic (exact) mass is 202 g/mol. The zero-order valence-electron chi connectivity index (χ0n) is 9.42. The Morgan fingerprint density at radius 2 is 1.86 bits per heavy atom. The van der Waals surface area contributed by atoms with Crippen LogP contribution in [0.2, 0.25) is 0 Å². The first-order valence-electron chi connectivity index (χ1n) is 5.28. The third-order valence-corrected chi connectivity index (χ3v) is 2.14. The third-order valence-electron chi connectivity index (χ3n) is 2.14. The van der Waals surface area contributed by atoms with Crippen molar-refractivity contribution in [3.05, 3.63) is 0 Å². The van der Waals surface area contributed by atoms with Crippen molar-refractivity contribution >= 4 is 5.97 Å². The van der Waals surface area contributed by atoms with Gasteiger partial charge < -0.3 is 10.4 Å². The van der Waals surface area contributed by atoms with E-state index in [0.717, 1.165) is 25.9 Å². The molecule has 4 heteroatoms. The molecular weight excluding hydrogens is 180 g/mol. The summed E-state index contributed by atoms with van der Waals surface area (Å²) in [4.78, 5) is 13.0. The quantitative estimate of drug-likeness (QED) is 0.611. The molecule has 14 heavy (non-hydrogen) atoms. The van der Waals surface area contributed by atoms with Crippen LogP contribution in [-0.2, 0) is 4.79 Å². The largest absolute Gasteiger partial charge is 0.480 e. The van der Waals surface area contributed by atoms with Gasteiger partial charge in [-0.05, 0) is 33.0 Å². The van der Waals surface area contributed by atoms with Crippen LogP contribution < -0.4 is 5.32 Å². The van der Waals surface area contributed by atoms with Crippen LogP contribution in [-0.4, -0.2) is 48.7 Å². The Morgan fingerprint density at radius 1 is 1.36 bits per heavy atom. The van der Waals surface area contributed by atoms with Crippen molar-refractivity contribution in [1.29, 1.82) is 0 Å². The molecule has 0 radical (unpaired) electrons. The van der Waals surface area contributed by atoms with E-state index in [0.29, 0.717) is 6.54 Å². The summed E-state index contributed by atoms with van der Waals surface area (Å²) < 4.78 is 0. The summed E-state index contributed by atoms with van der Waals surface area (Å²) in [5.74, 6) is -0.735. The second-order valence-electron chi connectivity index (χ2n) is 3.45. The molecule has 0 heterocycles. The summed E-state index contributed by atoms with van der Waals surface area (Å²) in [6.07, 6.45) is 1.99. The van der Waals surface area contributed by atoms with Gasteiger partial charge in [-0.25, -0.2) is 0 Å². The van der Waals surface area contributed by atoms with Crippen LogP contribution in [0, 0.1) is 0 Å². The zero-order valence-corrected chi connectivity index (χ0v) is 9.42. The molecule has 1 unspecified atom stereocenters. The summed E-state index contributed by atoms with van der Waals surface area (Å²) >= 11 is 0. The van der Waals surface area contributed by atoms with E-state index in [1.54, 1.807) is 7.05 Å². The number of hydrogen-bond donors (Lipinski definition) is 2. The number of rotatable bonds is 8. The van der Waals surface area contributed by atoms with Gasteiger partial charge in [0, 0.05) is 6.54 Å². The number of carboxylic acids is 1. The average molecular weight is 202 g/mol. The number of carbonyl (C=O) groups is 1. The highest BCUT2D eigenvalue weighted by Crippen LogP contribution is 2.02. The minimum absolute atomic E-state index is 0.389. The number of hydrogen-bond acceptors (Lipinski definition) is 3. The highest BCUT2D eigenvalue weighted by atomic mass is 16.4. The highest BCUT2D eigenvalue weighted by molar-refractivity contribution is 5.73. The Bertz CT molecular complexity index is 156. The van der Waals surface area contributed by atoms with Gasteiger partial charge in [0.2, 0.25) is 0 Å². The Labute approximate surface area is 86.3 Å². The zero-order chi connectivity index (χ0) is 11.0. The minimum Gasteiger partial charge on any atom is -0.480 e. The average Bonchev–Trinajstić information content (AvgIpc) is 2.13. The van der Waals surface area contributed by atoms with Gasteiger partial charge in [-0.3, -0.25) is 9.69 Å². The lowest BCUT2D eigenvalue weighted by molar-refractivity contribution is -0.143. The number of nitrogens with zero attached hydrogens (tertiary/aromatic N) is 1. The van der Waals surface area contributed by atoms with Crippen LogP contribution in [0.3, 0.4) is 0 Å². The molecule has 0 amide bonds. The van der Waals surface area contributed by atoms with Crippen molar-refractivity contribution in [2.45, 2.75) is 32.7 Å². The standard InChI is InChI=1S/C10H22N2O2/c1-4-6-12(7-5-2)9(8-11-3)10(13)14/h9,11H,4-8H2,1-3H3,(H,13,14). The van der Waals surface area contributed by atoms with Gasteiger partial charge in [-0.1, -0.05) is 13.8 Å². The second-order valence-corrected chi connectivity index (χ2v) is 3.45. The van der Waals surface area contributed by atoms with E-state index in [9.17, 15) is 4.79 Å². The van der Waals surface area contributed by atoms with Crippen molar-refractivity contribution < 1.29 is 9.90 Å². The van der Waals surface area contributed by atoms with Crippen LogP contribution >= 0.6 is 0 Å². The molecule has 84 valence electrons. The first-order chi connectivity index (χ1) is 6.67. The molecule has 0 aliphatic heterocycles. The predicted octanol–water partition coefficient (Wildman–Crippen LogP) is 0.781. The number of aliphatic carboxylic acids is 1. The smallest absolute Gasteiger partial charge is 0.322 e. The van der Waals surface area contributed by atoms with E-state index in [-0.39, 0.29) is 6.04 Å². The van der Waals surface area contributed by atoms with E-state index >= 15 is 0 Å². The SMILES string of the molecule is CCCN(CCC)C(CNC)C(=O)O. The van der Waals surface area contributed by atoms with Gasteiger partial charge >= 0.3 is 5.97 Å². The molecule has 4 nitrogen and oxygen atoms in total. The molecule has 0 saturated carbocycles. The van der Waals surface area contributed by atoms with Gasteiger partial charge in [0.25, 0.3) is 0 Å². The first kappa shape index (κ1) is 13.4. The van der Waals surface area contributed by atoms with Crippen molar-refractivity contribution in [3.8, 4) is 0 Å². The van der Waals surface area contributed by atoms with Gasteiger partial charge in [0.15, 0.2) is 0 Å². The van der Waals surface area contributed by atoms with Gasteiger partial charge in [-0.2, -0.15) is 0 Å². The summed E-state index contributed by atoms with van der Waals surface area (Å²) in [7, 11) is 1.78. The molecule has 0 aliphatic rings. The summed E-state index contributed by atoms with van der Waals surface area (Å²) in [6, 6.07) is -0.389. The Morgan fingerprint density at radius 3 is 2.14 bits per heavy atom. The fourth-order valence-electron chi connectivity index (χ4n) is 1.56. The van der Waals surface area contributed by atoms with Crippen LogP contribution in [0.4, 0.5) is 0 Å². The van der Waals surface area contributed by atoms with E-state index in [4.69, 9.17) is 5.11 Å². The van der Waals surface area contributed by atoms with E-state index in [1.165, 1.54) is 0 Å². The molecule has 0 rings (SSSR count). The molecule has 1 atom stereocenters. The maximum absolute atomic E-state index is 11.0. The number of nitrogens with one attached hydrogen (secondary N) is 1. The molecule has 0 aromatic heterocycles. The number of likely N-dealkylation sites (N-methyl/N-ethyl adjacent to an activating group) is 1. The van der Waals surface area contributed by atoms with Crippen LogP contribution in [0.25, 0.3) is 0 Å². The highest BCUT2D eigenvalue weighted by Gasteiger charge is 2.23. The Hall–Kier alpha value is -0.610. The molecule has 0 spiro atoms. The normalized spacial score (nSPS) is 13.1. The fourth-order valence-corrected chi connectivity index (χ4v) is 1.56. The molecule has 0 aromatic carbocycles. The Balaban J connectivity index is 4.29. The maximum Gasteiger partial charge on any atom is 0.322 e. The van der Waals surface area contributed by atoms with Gasteiger partial charge in [0.1, 0.15) is 6.04 Å². The summed E-state index contributed by atoms with van der Waals surface area (Å²) in [5, 5.41) is 12.0. The summed E-state index contributed by atoms with van der Waals surface area (Å²) in [5.41, 5.74) is 0. The summed E-state index contributed by atoms with van der Waals surface area (Å²) in [6.45, 7) is 6.36. The van der Waals surface area contributed by atoms with E-state index < -0.39 is 5.97 Å². The van der Waals surface area contributed by atoms with Crippen LogP contribution in [0.15, 0.2) is 0 Å². The van der Waals surface area contributed by atoms with E-state index in [2.05, 4.69) is 19.2 Å². The lowest BCUT2D eigenvalue weighted by atomic mass is 10.2. The molecular formula is C10H22N2O2. The van der Waals surface area contributed by atoms with Crippen molar-refractivity contribution in [3.63, 3.8) is 0 Å². The van der Waals surface area contributed by atoms with Crippen LogP contribution in [0.5, 0.6) is 0 Å². The first-order valence-corrected chi connectivity index (χ1v) is 5.28. The molecule has 0 saturated heterocycles. The van der Waals surface area contributed by atoms with Crippen molar-refractivity contribution in [2.24, 2.45) is 0 Å².